The number of nitrogens with zero attached hydrogens (tertiary/aromatic N) is 1. The number of ether oxygens (including phenoxy) is 1. The van der Waals surface area contributed by atoms with Gasteiger partial charge in [-0.2, -0.15) is 0 Å². The van der Waals surface area contributed by atoms with Gasteiger partial charge in [0.1, 0.15) is 6.04 Å². The lowest BCUT2D eigenvalue weighted by atomic mass is 9.93. The zero-order chi connectivity index (χ0) is 12.1. The second-order valence-electron chi connectivity index (χ2n) is 4.60. The summed E-state index contributed by atoms with van der Waals surface area (Å²) in [6.07, 6.45) is 1.86. The summed E-state index contributed by atoms with van der Waals surface area (Å²) in [5.41, 5.74) is 6.04. The van der Waals surface area contributed by atoms with E-state index in [9.17, 15) is 4.79 Å². The van der Waals surface area contributed by atoms with Crippen LogP contribution in [0.1, 0.15) is 33.6 Å². The summed E-state index contributed by atoms with van der Waals surface area (Å²) in [6, 6.07) is 0.0655. The number of carbonyl (C=O) groups excluding carboxylic acids is 1. The van der Waals surface area contributed by atoms with Crippen LogP contribution in [0.25, 0.3) is 0 Å². The first-order valence-electron chi connectivity index (χ1n) is 6.26. The van der Waals surface area contributed by atoms with Crippen LogP contribution < -0.4 is 5.73 Å². The van der Waals surface area contributed by atoms with E-state index >= 15 is 0 Å². The summed E-state index contributed by atoms with van der Waals surface area (Å²) in [6.45, 7) is 8.24. The summed E-state index contributed by atoms with van der Waals surface area (Å²) in [5, 5.41) is 0. The molecule has 0 aromatic heterocycles. The lowest BCUT2D eigenvalue weighted by Crippen LogP contribution is -2.53. The SMILES string of the molecule is CCOC(=O)C(CC)N1CCC(C)C(N)C1. The van der Waals surface area contributed by atoms with Crippen LogP contribution in [0.5, 0.6) is 0 Å². The molecule has 0 aromatic carbocycles. The molecule has 3 unspecified atom stereocenters. The standard InChI is InChI=1S/C12H24N2O2/c1-4-11(12(15)16-5-2)14-7-6-9(3)10(13)8-14/h9-11H,4-8,13H2,1-3H3. The van der Waals surface area contributed by atoms with Gasteiger partial charge in [-0.15, -0.1) is 0 Å². The molecule has 1 heterocycles. The highest BCUT2D eigenvalue weighted by atomic mass is 16.5. The van der Waals surface area contributed by atoms with Crippen molar-refractivity contribution in [2.45, 2.75) is 45.7 Å². The quantitative estimate of drug-likeness (QED) is 0.729. The molecule has 2 N–H and O–H groups in total. The van der Waals surface area contributed by atoms with Gasteiger partial charge < -0.3 is 10.5 Å². The molecule has 1 rings (SSSR count). The molecule has 0 radical (unpaired) electrons. The van der Waals surface area contributed by atoms with E-state index in [0.717, 1.165) is 25.9 Å². The second kappa shape index (κ2) is 6.21. The molecule has 4 heteroatoms. The fraction of sp³-hybridized carbons (Fsp3) is 0.917. The van der Waals surface area contributed by atoms with Crippen LogP contribution >= 0.6 is 0 Å². The number of rotatable bonds is 4. The van der Waals surface area contributed by atoms with Gasteiger partial charge >= 0.3 is 5.97 Å². The molecule has 4 nitrogen and oxygen atoms in total. The van der Waals surface area contributed by atoms with Crippen molar-refractivity contribution in [3.63, 3.8) is 0 Å². The maximum Gasteiger partial charge on any atom is 0.323 e. The van der Waals surface area contributed by atoms with E-state index in [-0.39, 0.29) is 18.1 Å². The minimum absolute atomic E-state index is 0.105. The van der Waals surface area contributed by atoms with E-state index in [1.807, 2.05) is 13.8 Å². The molecule has 0 aromatic rings. The third-order valence-corrected chi connectivity index (χ3v) is 3.43. The van der Waals surface area contributed by atoms with Crippen LogP contribution in [0, 0.1) is 5.92 Å². The van der Waals surface area contributed by atoms with Crippen molar-refractivity contribution in [2.24, 2.45) is 11.7 Å². The van der Waals surface area contributed by atoms with Crippen LogP contribution in [-0.2, 0) is 9.53 Å². The van der Waals surface area contributed by atoms with Crippen molar-refractivity contribution in [3.05, 3.63) is 0 Å². The van der Waals surface area contributed by atoms with Gasteiger partial charge in [-0.3, -0.25) is 9.69 Å². The maximum absolute atomic E-state index is 11.8. The zero-order valence-electron chi connectivity index (χ0n) is 10.6. The number of hydrogen-bond acceptors (Lipinski definition) is 4. The highest BCUT2D eigenvalue weighted by molar-refractivity contribution is 5.75. The van der Waals surface area contributed by atoms with Gasteiger partial charge in [0.15, 0.2) is 0 Å². The molecule has 1 aliphatic rings. The van der Waals surface area contributed by atoms with E-state index in [1.54, 1.807) is 0 Å². The maximum atomic E-state index is 11.8. The lowest BCUT2D eigenvalue weighted by molar-refractivity contribution is -0.150. The first-order valence-corrected chi connectivity index (χ1v) is 6.26. The number of nitrogens with two attached hydrogens (primary N) is 1. The van der Waals surface area contributed by atoms with Gasteiger partial charge in [0.05, 0.1) is 6.61 Å². The summed E-state index contributed by atoms with van der Waals surface area (Å²) < 4.78 is 5.09. The summed E-state index contributed by atoms with van der Waals surface area (Å²) in [5.74, 6) is 0.447. The molecule has 0 amide bonds. The summed E-state index contributed by atoms with van der Waals surface area (Å²) >= 11 is 0. The van der Waals surface area contributed by atoms with Gasteiger partial charge in [-0.05, 0) is 32.2 Å². The Bertz CT molecular complexity index is 233. The Balaban J connectivity index is 2.56. The van der Waals surface area contributed by atoms with E-state index in [2.05, 4.69) is 11.8 Å². The van der Waals surface area contributed by atoms with Crippen LogP contribution in [0.4, 0.5) is 0 Å². The van der Waals surface area contributed by atoms with Crippen molar-refractivity contribution in [2.75, 3.05) is 19.7 Å². The molecule has 0 aliphatic carbocycles. The Morgan fingerprint density at radius 1 is 1.56 bits per heavy atom. The Hall–Kier alpha value is -0.610. The van der Waals surface area contributed by atoms with E-state index in [4.69, 9.17) is 10.5 Å². The Morgan fingerprint density at radius 2 is 2.25 bits per heavy atom. The van der Waals surface area contributed by atoms with Crippen molar-refractivity contribution in [1.29, 1.82) is 0 Å². The minimum Gasteiger partial charge on any atom is -0.465 e. The monoisotopic (exact) mass is 228 g/mol. The molecule has 0 saturated carbocycles. The van der Waals surface area contributed by atoms with Gasteiger partial charge in [-0.1, -0.05) is 13.8 Å². The third kappa shape index (κ3) is 3.19. The molecular weight excluding hydrogens is 204 g/mol. The molecule has 1 aliphatic heterocycles. The highest BCUT2D eigenvalue weighted by Gasteiger charge is 2.31. The van der Waals surface area contributed by atoms with Crippen LogP contribution in [0.2, 0.25) is 0 Å². The van der Waals surface area contributed by atoms with Gasteiger partial charge in [-0.25, -0.2) is 0 Å². The Morgan fingerprint density at radius 3 is 2.75 bits per heavy atom. The predicted octanol–water partition coefficient (Wildman–Crippen LogP) is 0.997. The number of carbonyl (C=O) groups is 1. The molecule has 1 saturated heterocycles. The predicted molar refractivity (Wildman–Crippen MR) is 64.0 cm³/mol. The zero-order valence-corrected chi connectivity index (χ0v) is 10.6. The van der Waals surface area contributed by atoms with E-state index in [0.29, 0.717) is 12.5 Å². The first-order chi connectivity index (χ1) is 7.60. The number of esters is 1. The van der Waals surface area contributed by atoms with Gasteiger partial charge in [0.2, 0.25) is 0 Å². The third-order valence-electron chi connectivity index (χ3n) is 3.43. The lowest BCUT2D eigenvalue weighted by Gasteiger charge is -2.38. The van der Waals surface area contributed by atoms with Crippen molar-refractivity contribution >= 4 is 5.97 Å². The smallest absolute Gasteiger partial charge is 0.323 e. The normalized spacial score (nSPS) is 28.8. The molecule has 94 valence electrons. The molecule has 3 atom stereocenters. The molecule has 16 heavy (non-hydrogen) atoms. The molecule has 1 fully saturated rings. The fourth-order valence-corrected chi connectivity index (χ4v) is 2.22. The summed E-state index contributed by atoms with van der Waals surface area (Å²) in [4.78, 5) is 13.9. The molecular formula is C12H24N2O2. The Labute approximate surface area is 98.1 Å². The largest absolute Gasteiger partial charge is 0.465 e. The number of piperidine rings is 1. The average molecular weight is 228 g/mol. The average Bonchev–Trinajstić information content (AvgIpc) is 2.25. The summed E-state index contributed by atoms with van der Waals surface area (Å²) in [7, 11) is 0. The second-order valence-corrected chi connectivity index (χ2v) is 4.60. The van der Waals surface area contributed by atoms with E-state index in [1.165, 1.54) is 0 Å². The van der Waals surface area contributed by atoms with Crippen LogP contribution in [0.15, 0.2) is 0 Å². The highest BCUT2D eigenvalue weighted by Crippen LogP contribution is 2.19. The van der Waals surface area contributed by atoms with Crippen molar-refractivity contribution in [1.82, 2.24) is 4.90 Å². The van der Waals surface area contributed by atoms with Crippen LogP contribution in [0.3, 0.4) is 0 Å². The van der Waals surface area contributed by atoms with Crippen LogP contribution in [-0.4, -0.2) is 42.6 Å². The van der Waals surface area contributed by atoms with Gasteiger partial charge in [0.25, 0.3) is 0 Å². The first kappa shape index (κ1) is 13.5. The van der Waals surface area contributed by atoms with E-state index < -0.39 is 0 Å². The number of likely N-dealkylation sites (tertiary alicyclic amines) is 1. The van der Waals surface area contributed by atoms with Crippen molar-refractivity contribution < 1.29 is 9.53 Å². The fourth-order valence-electron chi connectivity index (χ4n) is 2.22. The molecule has 0 spiro atoms. The van der Waals surface area contributed by atoms with Gasteiger partial charge in [0, 0.05) is 12.6 Å². The topological polar surface area (TPSA) is 55.6 Å². The number of hydrogen-bond donors (Lipinski definition) is 1. The molecule has 0 bridgehead atoms. The van der Waals surface area contributed by atoms with Crippen molar-refractivity contribution in [3.8, 4) is 0 Å². The minimum atomic E-state index is -0.113. The Kier molecular flexibility index (Phi) is 5.22.